The molecule has 5 unspecified atom stereocenters. The van der Waals surface area contributed by atoms with Gasteiger partial charge in [-0.1, -0.05) is 61.9 Å². The molecule has 2 aliphatic rings. The number of carbonyl (C=O) groups is 4. The predicted octanol–water partition coefficient (Wildman–Crippen LogP) is 4.15. The van der Waals surface area contributed by atoms with Gasteiger partial charge in [-0.05, 0) is 44.4 Å². The van der Waals surface area contributed by atoms with Crippen LogP contribution in [0.2, 0.25) is 0 Å². The molecule has 13 nitrogen and oxygen atoms in total. The van der Waals surface area contributed by atoms with Gasteiger partial charge in [0.2, 0.25) is 5.91 Å². The summed E-state index contributed by atoms with van der Waals surface area (Å²) in [4.78, 5) is 62.0. The molecule has 0 spiro atoms. The maximum absolute atomic E-state index is 13.6. The molecule has 3 N–H and O–H groups in total. The number of carbonyl (C=O) groups excluding carboxylic acids is 4. The van der Waals surface area contributed by atoms with Gasteiger partial charge in [-0.3, -0.25) is 14.9 Å². The van der Waals surface area contributed by atoms with E-state index in [-0.39, 0.29) is 43.5 Å². The van der Waals surface area contributed by atoms with Crippen LogP contribution in [0.15, 0.2) is 83.2 Å². The number of cyclic esters (lactones) is 1. The number of anilines is 1. The standard InChI is InChI=1S/C35H43N5O8/c1-22-9-7-15-37-30(42)13-12-24(3)32(25(4)20-47-35(45)39-29-11-5-6-14-36-29)48-34(44)28-10-8-16-40(28)33(43)27-21-46-31(38-27)19-23(2)18-26(41)17-22/h5-7,9,11-14,17,21,24-26,28,32,41H,2,8,10,15-16,18-20H2,1,3-4H3,(H,37,42)(H,36,39,45)/b9-7+,13-12+,22-17+. The largest absolute Gasteiger partial charge is 0.460 e. The fraction of sp³-hybridized carbons (Fsp3) is 0.429. The first kappa shape index (κ1) is 35.8. The first-order chi connectivity index (χ1) is 23.0. The number of hydrogen-bond donors (Lipinski definition) is 3. The summed E-state index contributed by atoms with van der Waals surface area (Å²) in [7, 11) is 0. The third-order valence-electron chi connectivity index (χ3n) is 7.94. The van der Waals surface area contributed by atoms with E-state index in [1.54, 1.807) is 56.4 Å². The molecule has 5 atom stereocenters. The number of amides is 3. The van der Waals surface area contributed by atoms with Crippen LogP contribution in [0.25, 0.3) is 0 Å². The minimum absolute atomic E-state index is 0.0527. The van der Waals surface area contributed by atoms with E-state index in [0.717, 1.165) is 5.57 Å². The highest BCUT2D eigenvalue weighted by atomic mass is 16.6. The Balaban J connectivity index is 1.54. The Morgan fingerprint density at radius 3 is 2.85 bits per heavy atom. The molecule has 2 aromatic rings. The summed E-state index contributed by atoms with van der Waals surface area (Å²) in [6, 6.07) is 4.19. The average molecular weight is 662 g/mol. The number of esters is 1. The first-order valence-corrected chi connectivity index (χ1v) is 16.0. The molecule has 1 fully saturated rings. The summed E-state index contributed by atoms with van der Waals surface area (Å²) in [6.45, 7) is 9.87. The summed E-state index contributed by atoms with van der Waals surface area (Å²) >= 11 is 0. The zero-order valence-corrected chi connectivity index (χ0v) is 27.5. The van der Waals surface area contributed by atoms with Crippen LogP contribution in [0.3, 0.4) is 0 Å². The number of aliphatic hydroxyl groups excluding tert-OH is 1. The lowest BCUT2D eigenvalue weighted by molar-refractivity contribution is -0.159. The topological polar surface area (TPSA) is 173 Å². The van der Waals surface area contributed by atoms with Crippen molar-refractivity contribution >= 4 is 29.7 Å². The Hall–Kier alpha value is -5.04. The molecule has 1 saturated heterocycles. The van der Waals surface area contributed by atoms with Crippen molar-refractivity contribution in [2.45, 2.75) is 64.7 Å². The lowest BCUT2D eigenvalue weighted by atomic mass is 9.93. The summed E-state index contributed by atoms with van der Waals surface area (Å²) < 4.78 is 17.0. The molecule has 2 aliphatic heterocycles. The van der Waals surface area contributed by atoms with E-state index < -0.39 is 48.1 Å². The van der Waals surface area contributed by atoms with Crippen molar-refractivity contribution in [3.8, 4) is 0 Å². The summed E-state index contributed by atoms with van der Waals surface area (Å²) in [5.74, 6) is -1.82. The predicted molar refractivity (Wildman–Crippen MR) is 176 cm³/mol. The number of nitrogens with zero attached hydrogens (tertiary/aromatic N) is 3. The van der Waals surface area contributed by atoms with Crippen molar-refractivity contribution in [2.24, 2.45) is 11.8 Å². The van der Waals surface area contributed by atoms with Gasteiger partial charge in [-0.2, -0.15) is 0 Å². The lowest BCUT2D eigenvalue weighted by Gasteiger charge is -2.30. The molecular weight excluding hydrogens is 618 g/mol. The van der Waals surface area contributed by atoms with Gasteiger partial charge in [-0.15, -0.1) is 0 Å². The van der Waals surface area contributed by atoms with Gasteiger partial charge in [0.1, 0.15) is 24.2 Å². The second kappa shape index (κ2) is 17.2. The number of fused-ring (bicyclic) bond motifs is 3. The van der Waals surface area contributed by atoms with Crippen molar-refractivity contribution < 1.29 is 38.2 Å². The quantitative estimate of drug-likeness (QED) is 0.319. The molecule has 0 aliphatic carbocycles. The van der Waals surface area contributed by atoms with Gasteiger partial charge in [0.25, 0.3) is 5.91 Å². The van der Waals surface area contributed by atoms with Crippen molar-refractivity contribution in [1.29, 1.82) is 0 Å². The van der Waals surface area contributed by atoms with E-state index in [2.05, 4.69) is 27.2 Å². The fourth-order valence-corrected chi connectivity index (χ4v) is 5.54. The Labute approximate surface area is 279 Å². The highest BCUT2D eigenvalue weighted by Crippen LogP contribution is 2.26. The highest BCUT2D eigenvalue weighted by molar-refractivity contribution is 5.95. The van der Waals surface area contributed by atoms with E-state index in [1.807, 2.05) is 6.92 Å². The van der Waals surface area contributed by atoms with E-state index in [9.17, 15) is 24.3 Å². The molecule has 2 bridgehead atoms. The molecule has 4 rings (SSSR count). The maximum Gasteiger partial charge on any atom is 0.412 e. The average Bonchev–Trinajstić information content (AvgIpc) is 3.73. The maximum atomic E-state index is 13.6. The molecule has 0 aromatic carbocycles. The number of rotatable bonds is 4. The van der Waals surface area contributed by atoms with Gasteiger partial charge >= 0.3 is 12.1 Å². The van der Waals surface area contributed by atoms with Gasteiger partial charge in [0.15, 0.2) is 11.6 Å². The van der Waals surface area contributed by atoms with E-state index in [1.165, 1.54) is 23.4 Å². The van der Waals surface area contributed by atoms with Crippen LogP contribution in [0, 0.1) is 11.8 Å². The summed E-state index contributed by atoms with van der Waals surface area (Å²) in [5.41, 5.74) is 1.51. The number of allylic oxidation sites excluding steroid dienone is 2. The number of nitrogens with one attached hydrogen (secondary N) is 2. The SMILES string of the molecule is C=C1Cc2nc(co2)C(=O)N2CCCC2C(=O)OC(C(C)COC(=O)Nc2ccccn2)C(C)/C=C/C(=O)NC/C=C/C(C)=C/C(O)C1. The minimum atomic E-state index is -0.867. The third-order valence-corrected chi connectivity index (χ3v) is 7.94. The molecule has 2 aromatic heterocycles. The number of hydrogen-bond acceptors (Lipinski definition) is 10. The second-order valence-electron chi connectivity index (χ2n) is 12.1. The number of aromatic nitrogens is 2. The number of oxazole rings is 1. The van der Waals surface area contributed by atoms with E-state index in [0.29, 0.717) is 30.8 Å². The van der Waals surface area contributed by atoms with Gasteiger partial charge in [0.05, 0.1) is 12.7 Å². The van der Waals surface area contributed by atoms with Crippen molar-refractivity contribution in [2.75, 3.05) is 25.0 Å². The number of pyridine rings is 1. The zero-order chi connectivity index (χ0) is 34.6. The molecule has 4 heterocycles. The van der Waals surface area contributed by atoms with Crippen LogP contribution in [0.4, 0.5) is 10.6 Å². The number of aliphatic hydroxyl groups is 1. The summed E-state index contributed by atoms with van der Waals surface area (Å²) in [5, 5.41) is 15.8. The zero-order valence-electron chi connectivity index (χ0n) is 27.5. The van der Waals surface area contributed by atoms with Crippen LogP contribution in [0.5, 0.6) is 0 Å². The van der Waals surface area contributed by atoms with E-state index in [4.69, 9.17) is 13.9 Å². The fourth-order valence-electron chi connectivity index (χ4n) is 5.54. The highest BCUT2D eigenvalue weighted by Gasteiger charge is 2.39. The van der Waals surface area contributed by atoms with Crippen LogP contribution in [0.1, 0.15) is 56.4 Å². The van der Waals surface area contributed by atoms with Crippen molar-refractivity contribution in [3.63, 3.8) is 0 Å². The minimum Gasteiger partial charge on any atom is -0.460 e. The lowest BCUT2D eigenvalue weighted by Crippen LogP contribution is -2.44. The Morgan fingerprint density at radius 2 is 2.08 bits per heavy atom. The molecule has 0 radical (unpaired) electrons. The van der Waals surface area contributed by atoms with Crippen molar-refractivity contribution in [3.05, 3.63) is 90.3 Å². The smallest absolute Gasteiger partial charge is 0.412 e. The van der Waals surface area contributed by atoms with Crippen LogP contribution in [-0.4, -0.2) is 81.8 Å². The third kappa shape index (κ3) is 10.5. The molecule has 256 valence electrons. The first-order valence-electron chi connectivity index (χ1n) is 16.0. The Kier molecular flexibility index (Phi) is 12.8. The van der Waals surface area contributed by atoms with Gasteiger partial charge < -0.3 is 29.2 Å². The molecule has 13 heteroatoms. The molecule has 0 saturated carbocycles. The summed E-state index contributed by atoms with van der Waals surface area (Å²) in [6.07, 6.45) is 10.1. The van der Waals surface area contributed by atoms with Crippen molar-refractivity contribution in [1.82, 2.24) is 20.2 Å². The van der Waals surface area contributed by atoms with E-state index >= 15 is 0 Å². The monoisotopic (exact) mass is 661 g/mol. The molecule has 48 heavy (non-hydrogen) atoms. The Morgan fingerprint density at radius 1 is 1.27 bits per heavy atom. The van der Waals surface area contributed by atoms with Gasteiger partial charge in [-0.25, -0.2) is 19.6 Å². The second-order valence-corrected chi connectivity index (χ2v) is 12.1. The van der Waals surface area contributed by atoms with Crippen LogP contribution >= 0.6 is 0 Å². The molecule has 3 amide bonds. The number of ether oxygens (including phenoxy) is 2. The normalized spacial score (nSPS) is 26.2. The Bertz CT molecular complexity index is 1550. The van der Waals surface area contributed by atoms with Crippen LogP contribution < -0.4 is 10.6 Å². The van der Waals surface area contributed by atoms with Crippen LogP contribution in [-0.2, 0) is 25.5 Å². The molecular formula is C35H43N5O8. The van der Waals surface area contributed by atoms with Gasteiger partial charge in [0, 0.05) is 37.5 Å².